The number of carbonyl (C=O) groups excluding carboxylic acids is 3. The molecule has 3 aromatic rings. The standard InChI is InChI=1S/C24H20ClN3O4/c1-2-17-9-3-6-13-21(17)27-22(29)23(30)28-26-15-16-8-7-10-18(14-16)32-24(31)19-11-4-5-12-20(19)25/h3-15H,2H2,1H3,(H,27,29)(H,28,30)/b26-15+. The number of rotatable bonds is 6. The van der Waals surface area contributed by atoms with E-state index in [0.29, 0.717) is 17.7 Å². The van der Waals surface area contributed by atoms with Crippen molar-refractivity contribution in [2.75, 3.05) is 5.32 Å². The van der Waals surface area contributed by atoms with E-state index in [2.05, 4.69) is 15.8 Å². The van der Waals surface area contributed by atoms with E-state index in [1.807, 2.05) is 19.1 Å². The average Bonchev–Trinajstić information content (AvgIpc) is 2.79. The molecular formula is C24H20ClN3O4. The molecule has 2 amide bonds. The molecule has 0 aliphatic rings. The highest BCUT2D eigenvalue weighted by molar-refractivity contribution is 6.39. The minimum absolute atomic E-state index is 0.246. The summed E-state index contributed by atoms with van der Waals surface area (Å²) in [6.07, 6.45) is 2.05. The lowest BCUT2D eigenvalue weighted by molar-refractivity contribution is -0.136. The van der Waals surface area contributed by atoms with Crippen LogP contribution in [0, 0.1) is 0 Å². The Kier molecular flexibility index (Phi) is 7.72. The Balaban J connectivity index is 1.58. The summed E-state index contributed by atoms with van der Waals surface area (Å²) >= 11 is 6.01. The minimum Gasteiger partial charge on any atom is -0.423 e. The average molecular weight is 450 g/mol. The fourth-order valence-electron chi connectivity index (χ4n) is 2.79. The van der Waals surface area contributed by atoms with Gasteiger partial charge in [-0.2, -0.15) is 5.10 Å². The molecule has 0 heterocycles. The highest BCUT2D eigenvalue weighted by atomic mass is 35.5. The highest BCUT2D eigenvalue weighted by Crippen LogP contribution is 2.19. The Labute approximate surface area is 190 Å². The Hall–Kier alpha value is -3.97. The Morgan fingerprint density at radius 1 is 0.969 bits per heavy atom. The van der Waals surface area contributed by atoms with Crippen LogP contribution in [0.1, 0.15) is 28.4 Å². The third-order valence-corrected chi connectivity index (χ3v) is 4.72. The number of esters is 1. The smallest absolute Gasteiger partial charge is 0.345 e. The van der Waals surface area contributed by atoms with Crippen molar-refractivity contribution in [3.05, 3.63) is 94.5 Å². The molecule has 0 fully saturated rings. The van der Waals surface area contributed by atoms with E-state index in [-0.39, 0.29) is 16.3 Å². The van der Waals surface area contributed by atoms with E-state index in [1.165, 1.54) is 6.21 Å². The third-order valence-electron chi connectivity index (χ3n) is 4.39. The van der Waals surface area contributed by atoms with Gasteiger partial charge in [0.1, 0.15) is 5.75 Å². The number of halogens is 1. The SMILES string of the molecule is CCc1ccccc1NC(=O)C(=O)N/N=C/c1cccc(OC(=O)c2ccccc2Cl)c1. The van der Waals surface area contributed by atoms with Gasteiger partial charge in [0.15, 0.2) is 0 Å². The predicted octanol–water partition coefficient (Wildman–Crippen LogP) is 4.21. The fourth-order valence-corrected chi connectivity index (χ4v) is 3.01. The summed E-state index contributed by atoms with van der Waals surface area (Å²) in [7, 11) is 0. The first kappa shape index (κ1) is 22.7. The van der Waals surface area contributed by atoms with Crippen molar-refractivity contribution in [2.24, 2.45) is 5.10 Å². The second-order valence-electron chi connectivity index (χ2n) is 6.61. The van der Waals surface area contributed by atoms with Gasteiger partial charge in [0, 0.05) is 5.69 Å². The first-order valence-electron chi connectivity index (χ1n) is 9.77. The minimum atomic E-state index is -0.909. The van der Waals surface area contributed by atoms with Crippen LogP contribution in [0.25, 0.3) is 0 Å². The number of para-hydroxylation sites is 1. The highest BCUT2D eigenvalue weighted by Gasteiger charge is 2.14. The van der Waals surface area contributed by atoms with Crippen LogP contribution in [0.15, 0.2) is 77.9 Å². The molecular weight excluding hydrogens is 430 g/mol. The van der Waals surface area contributed by atoms with Crippen molar-refractivity contribution in [3.63, 3.8) is 0 Å². The van der Waals surface area contributed by atoms with E-state index in [4.69, 9.17) is 16.3 Å². The van der Waals surface area contributed by atoms with Crippen LogP contribution in [0.2, 0.25) is 5.02 Å². The molecule has 0 aliphatic carbocycles. The van der Waals surface area contributed by atoms with Gasteiger partial charge in [0.05, 0.1) is 16.8 Å². The van der Waals surface area contributed by atoms with E-state index in [0.717, 1.165) is 5.56 Å². The normalized spacial score (nSPS) is 10.6. The van der Waals surface area contributed by atoms with Crippen LogP contribution in [-0.2, 0) is 16.0 Å². The maximum atomic E-state index is 12.3. The van der Waals surface area contributed by atoms with Crippen molar-refractivity contribution in [3.8, 4) is 5.75 Å². The molecule has 0 atom stereocenters. The monoisotopic (exact) mass is 449 g/mol. The van der Waals surface area contributed by atoms with E-state index in [9.17, 15) is 14.4 Å². The van der Waals surface area contributed by atoms with Crippen LogP contribution >= 0.6 is 11.6 Å². The van der Waals surface area contributed by atoms with Gasteiger partial charge in [-0.3, -0.25) is 9.59 Å². The number of anilines is 1. The number of nitrogens with zero attached hydrogens (tertiary/aromatic N) is 1. The molecule has 0 saturated heterocycles. The van der Waals surface area contributed by atoms with Crippen molar-refractivity contribution in [1.29, 1.82) is 0 Å². The van der Waals surface area contributed by atoms with Gasteiger partial charge >= 0.3 is 17.8 Å². The zero-order valence-electron chi connectivity index (χ0n) is 17.2. The largest absolute Gasteiger partial charge is 0.423 e. The molecule has 0 unspecified atom stereocenters. The first-order valence-corrected chi connectivity index (χ1v) is 10.1. The molecule has 2 N–H and O–H groups in total. The topological polar surface area (TPSA) is 96.9 Å². The van der Waals surface area contributed by atoms with Crippen molar-refractivity contribution in [1.82, 2.24) is 5.43 Å². The molecule has 32 heavy (non-hydrogen) atoms. The Bertz CT molecular complexity index is 1180. The fraction of sp³-hybridized carbons (Fsp3) is 0.0833. The molecule has 8 heteroatoms. The summed E-state index contributed by atoms with van der Waals surface area (Å²) in [6.45, 7) is 1.95. The number of amides is 2. The van der Waals surface area contributed by atoms with Crippen molar-refractivity contribution >= 4 is 41.3 Å². The van der Waals surface area contributed by atoms with E-state index >= 15 is 0 Å². The van der Waals surface area contributed by atoms with E-state index < -0.39 is 17.8 Å². The summed E-state index contributed by atoms with van der Waals surface area (Å²) in [6, 6.07) is 20.3. The molecule has 0 saturated carbocycles. The molecule has 0 aliphatic heterocycles. The van der Waals surface area contributed by atoms with Crippen LogP contribution in [-0.4, -0.2) is 24.0 Å². The molecule has 3 rings (SSSR count). The lowest BCUT2D eigenvalue weighted by Gasteiger charge is -2.08. The third kappa shape index (κ3) is 6.02. The van der Waals surface area contributed by atoms with Crippen molar-refractivity contribution in [2.45, 2.75) is 13.3 Å². The molecule has 162 valence electrons. The molecule has 0 spiro atoms. The van der Waals surface area contributed by atoms with Gasteiger partial charge in [-0.1, -0.05) is 61.0 Å². The molecule has 0 bridgehead atoms. The summed E-state index contributed by atoms with van der Waals surface area (Å²) < 4.78 is 5.34. The number of hydrogen-bond donors (Lipinski definition) is 2. The summed E-state index contributed by atoms with van der Waals surface area (Å²) in [4.78, 5) is 36.4. The van der Waals surface area contributed by atoms with E-state index in [1.54, 1.807) is 60.7 Å². The summed E-state index contributed by atoms with van der Waals surface area (Å²) in [5, 5.41) is 6.65. The lowest BCUT2D eigenvalue weighted by Crippen LogP contribution is -2.32. The van der Waals surface area contributed by atoms with Crippen LogP contribution in [0.5, 0.6) is 5.75 Å². The Morgan fingerprint density at radius 2 is 1.72 bits per heavy atom. The predicted molar refractivity (Wildman–Crippen MR) is 123 cm³/mol. The second-order valence-corrected chi connectivity index (χ2v) is 7.01. The Morgan fingerprint density at radius 3 is 2.50 bits per heavy atom. The zero-order valence-corrected chi connectivity index (χ0v) is 17.9. The molecule has 7 nitrogen and oxygen atoms in total. The van der Waals surface area contributed by atoms with Crippen LogP contribution < -0.4 is 15.5 Å². The summed E-state index contributed by atoms with van der Waals surface area (Å²) in [5.74, 6) is -2.06. The quantitative estimate of drug-likeness (QED) is 0.194. The maximum absolute atomic E-state index is 12.3. The number of ether oxygens (including phenoxy) is 1. The maximum Gasteiger partial charge on any atom is 0.345 e. The van der Waals surface area contributed by atoms with Gasteiger partial charge in [-0.15, -0.1) is 0 Å². The van der Waals surface area contributed by atoms with Gasteiger partial charge in [-0.05, 0) is 47.9 Å². The van der Waals surface area contributed by atoms with Crippen molar-refractivity contribution < 1.29 is 19.1 Å². The first-order chi connectivity index (χ1) is 15.5. The van der Waals surface area contributed by atoms with Gasteiger partial charge in [0.25, 0.3) is 0 Å². The molecule has 0 radical (unpaired) electrons. The van der Waals surface area contributed by atoms with Gasteiger partial charge < -0.3 is 10.1 Å². The molecule has 0 aromatic heterocycles. The summed E-state index contributed by atoms with van der Waals surface area (Å²) in [5.41, 5.74) is 4.46. The second kappa shape index (κ2) is 10.9. The number of nitrogens with one attached hydrogen (secondary N) is 2. The lowest BCUT2D eigenvalue weighted by atomic mass is 10.1. The molecule has 3 aromatic carbocycles. The van der Waals surface area contributed by atoms with Crippen LogP contribution in [0.4, 0.5) is 5.69 Å². The number of aryl methyl sites for hydroxylation is 1. The number of hydrogen-bond acceptors (Lipinski definition) is 5. The van der Waals surface area contributed by atoms with Gasteiger partial charge in [0.2, 0.25) is 0 Å². The number of hydrazone groups is 1. The van der Waals surface area contributed by atoms with Gasteiger partial charge in [-0.25, -0.2) is 10.2 Å². The zero-order chi connectivity index (χ0) is 22.9. The number of benzene rings is 3. The van der Waals surface area contributed by atoms with Crippen LogP contribution in [0.3, 0.4) is 0 Å². The number of carbonyl (C=O) groups is 3.